The van der Waals surface area contributed by atoms with Crippen LogP contribution in [0.5, 0.6) is 5.75 Å². The van der Waals surface area contributed by atoms with Gasteiger partial charge in [-0.3, -0.25) is 4.90 Å². The zero-order valence-electron chi connectivity index (χ0n) is 14.0. The van der Waals surface area contributed by atoms with E-state index in [1.165, 1.54) is 5.56 Å². The highest BCUT2D eigenvalue weighted by Crippen LogP contribution is 2.34. The van der Waals surface area contributed by atoms with E-state index in [2.05, 4.69) is 40.4 Å². The number of likely N-dealkylation sites (tertiary alicyclic amines) is 1. The highest BCUT2D eigenvalue weighted by atomic mass is 16.5. The summed E-state index contributed by atoms with van der Waals surface area (Å²) >= 11 is 0. The van der Waals surface area contributed by atoms with Gasteiger partial charge in [-0.1, -0.05) is 12.1 Å². The molecule has 1 saturated heterocycles. The zero-order chi connectivity index (χ0) is 16.4. The van der Waals surface area contributed by atoms with Crippen molar-refractivity contribution in [1.82, 2.24) is 14.5 Å². The Balaban J connectivity index is 1.83. The van der Waals surface area contributed by atoms with Crippen LogP contribution in [0.4, 0.5) is 0 Å². The largest absolute Gasteiger partial charge is 0.497 e. The predicted molar refractivity (Wildman–Crippen MR) is 89.4 cm³/mol. The van der Waals surface area contributed by atoms with Crippen LogP contribution in [0.15, 0.2) is 36.7 Å². The second kappa shape index (κ2) is 6.72. The molecule has 3 rings (SSSR count). The summed E-state index contributed by atoms with van der Waals surface area (Å²) in [5, 5.41) is 10.2. The van der Waals surface area contributed by atoms with Gasteiger partial charge >= 0.3 is 0 Å². The normalized spacial score (nSPS) is 22.0. The first-order valence-electron chi connectivity index (χ1n) is 8.16. The summed E-state index contributed by atoms with van der Waals surface area (Å²) in [6.07, 6.45) is 4.32. The summed E-state index contributed by atoms with van der Waals surface area (Å²) < 4.78 is 7.52. The van der Waals surface area contributed by atoms with Gasteiger partial charge in [0, 0.05) is 31.0 Å². The fraction of sp³-hybridized carbons (Fsp3) is 0.500. The molecule has 5 heteroatoms. The van der Waals surface area contributed by atoms with Crippen LogP contribution in [-0.2, 0) is 6.54 Å². The Morgan fingerprint density at radius 1 is 1.39 bits per heavy atom. The van der Waals surface area contributed by atoms with Crippen molar-refractivity contribution in [3.63, 3.8) is 0 Å². The van der Waals surface area contributed by atoms with Gasteiger partial charge in [0.15, 0.2) is 0 Å². The van der Waals surface area contributed by atoms with Gasteiger partial charge < -0.3 is 14.4 Å². The SMILES string of the molecule is COc1cccc([C@H]2C[C@@H](O)CN2Cc2nccn2C(C)C)c1. The quantitative estimate of drug-likeness (QED) is 0.922. The molecule has 2 aromatic rings. The van der Waals surface area contributed by atoms with Crippen molar-refractivity contribution in [3.8, 4) is 5.75 Å². The third-order valence-electron chi connectivity index (χ3n) is 4.51. The molecule has 0 spiro atoms. The number of benzene rings is 1. The Kier molecular flexibility index (Phi) is 4.68. The lowest BCUT2D eigenvalue weighted by Gasteiger charge is -2.25. The maximum absolute atomic E-state index is 10.2. The van der Waals surface area contributed by atoms with Gasteiger partial charge in [0.05, 0.1) is 19.8 Å². The van der Waals surface area contributed by atoms with Crippen molar-refractivity contribution in [2.75, 3.05) is 13.7 Å². The number of hydrogen-bond acceptors (Lipinski definition) is 4. The summed E-state index contributed by atoms with van der Waals surface area (Å²) in [6, 6.07) is 8.70. The number of aromatic nitrogens is 2. The molecule has 1 N–H and O–H groups in total. The minimum Gasteiger partial charge on any atom is -0.497 e. The Morgan fingerprint density at radius 3 is 2.96 bits per heavy atom. The molecule has 1 aliphatic rings. The van der Waals surface area contributed by atoms with E-state index < -0.39 is 0 Å². The lowest BCUT2D eigenvalue weighted by molar-refractivity contribution is 0.170. The number of methoxy groups -OCH3 is 1. The van der Waals surface area contributed by atoms with Gasteiger partial charge in [-0.15, -0.1) is 0 Å². The average molecular weight is 315 g/mol. The van der Waals surface area contributed by atoms with E-state index in [-0.39, 0.29) is 12.1 Å². The smallest absolute Gasteiger partial charge is 0.123 e. The molecule has 124 valence electrons. The summed E-state index contributed by atoms with van der Waals surface area (Å²) in [6.45, 7) is 5.73. The minimum absolute atomic E-state index is 0.192. The van der Waals surface area contributed by atoms with E-state index in [9.17, 15) is 5.11 Å². The molecular weight excluding hydrogens is 290 g/mol. The Labute approximate surface area is 137 Å². The maximum Gasteiger partial charge on any atom is 0.123 e. The fourth-order valence-corrected chi connectivity index (χ4v) is 3.37. The van der Waals surface area contributed by atoms with Crippen LogP contribution in [-0.4, -0.2) is 39.3 Å². The van der Waals surface area contributed by atoms with E-state index in [1.54, 1.807) is 7.11 Å². The van der Waals surface area contributed by atoms with E-state index in [0.717, 1.165) is 24.5 Å². The number of aliphatic hydroxyl groups is 1. The number of ether oxygens (including phenoxy) is 1. The molecule has 0 saturated carbocycles. The van der Waals surface area contributed by atoms with Crippen molar-refractivity contribution in [2.24, 2.45) is 0 Å². The lowest BCUT2D eigenvalue weighted by atomic mass is 10.0. The predicted octanol–water partition coefficient (Wildman–Crippen LogP) is 2.78. The Bertz CT molecular complexity index is 653. The molecule has 5 nitrogen and oxygen atoms in total. The number of imidazole rings is 1. The van der Waals surface area contributed by atoms with Crippen LogP contribution < -0.4 is 4.74 Å². The van der Waals surface area contributed by atoms with Gasteiger partial charge in [0.25, 0.3) is 0 Å². The van der Waals surface area contributed by atoms with Crippen molar-refractivity contribution in [1.29, 1.82) is 0 Å². The monoisotopic (exact) mass is 315 g/mol. The first-order valence-corrected chi connectivity index (χ1v) is 8.16. The van der Waals surface area contributed by atoms with Crippen molar-refractivity contribution >= 4 is 0 Å². The van der Waals surface area contributed by atoms with Crippen LogP contribution in [0.1, 0.15) is 43.7 Å². The molecule has 1 aromatic carbocycles. The second-order valence-electron chi connectivity index (χ2n) is 6.46. The standard InChI is InChI=1S/C18H25N3O2/c1-13(2)21-8-7-19-18(21)12-20-11-15(22)10-17(20)14-5-4-6-16(9-14)23-3/h4-9,13,15,17,22H,10-12H2,1-3H3/t15-,17-/m1/s1. The first-order chi connectivity index (χ1) is 11.1. The molecule has 0 aliphatic carbocycles. The van der Waals surface area contributed by atoms with Crippen molar-refractivity contribution in [3.05, 3.63) is 48.0 Å². The molecule has 1 fully saturated rings. The van der Waals surface area contributed by atoms with Crippen LogP contribution in [0.3, 0.4) is 0 Å². The van der Waals surface area contributed by atoms with Crippen LogP contribution >= 0.6 is 0 Å². The van der Waals surface area contributed by atoms with Gasteiger partial charge in [-0.2, -0.15) is 0 Å². The van der Waals surface area contributed by atoms with E-state index in [0.29, 0.717) is 12.6 Å². The van der Waals surface area contributed by atoms with Crippen molar-refractivity contribution in [2.45, 2.75) is 45.0 Å². The van der Waals surface area contributed by atoms with Crippen molar-refractivity contribution < 1.29 is 9.84 Å². The molecule has 0 radical (unpaired) electrons. The summed E-state index contributed by atoms with van der Waals surface area (Å²) in [4.78, 5) is 6.81. The highest BCUT2D eigenvalue weighted by molar-refractivity contribution is 5.31. The van der Waals surface area contributed by atoms with Crippen LogP contribution in [0.2, 0.25) is 0 Å². The molecule has 0 bridgehead atoms. The van der Waals surface area contributed by atoms with Gasteiger partial charge in [-0.25, -0.2) is 4.98 Å². The summed E-state index contributed by atoms with van der Waals surface area (Å²) in [5.41, 5.74) is 1.18. The number of rotatable bonds is 5. The van der Waals surface area contributed by atoms with E-state index in [4.69, 9.17) is 4.74 Å². The Morgan fingerprint density at radius 2 is 2.22 bits per heavy atom. The minimum atomic E-state index is -0.298. The van der Waals surface area contributed by atoms with E-state index in [1.807, 2.05) is 24.5 Å². The molecule has 0 amide bonds. The molecule has 1 aromatic heterocycles. The first kappa shape index (κ1) is 16.0. The van der Waals surface area contributed by atoms with E-state index >= 15 is 0 Å². The van der Waals surface area contributed by atoms with Gasteiger partial charge in [0.2, 0.25) is 0 Å². The molecule has 23 heavy (non-hydrogen) atoms. The number of hydrogen-bond donors (Lipinski definition) is 1. The summed E-state index contributed by atoms with van der Waals surface area (Å²) in [7, 11) is 1.68. The number of β-amino-alcohol motifs (C(OH)–C–C–N with tert-alkyl or cyclic N) is 1. The zero-order valence-corrected chi connectivity index (χ0v) is 14.0. The highest BCUT2D eigenvalue weighted by Gasteiger charge is 2.33. The summed E-state index contributed by atoms with van der Waals surface area (Å²) in [5.74, 6) is 1.90. The molecule has 1 aliphatic heterocycles. The van der Waals surface area contributed by atoms with Crippen LogP contribution in [0, 0.1) is 0 Å². The third-order valence-corrected chi connectivity index (χ3v) is 4.51. The van der Waals surface area contributed by atoms with Gasteiger partial charge in [0.1, 0.15) is 11.6 Å². The molecular formula is C18H25N3O2. The molecule has 2 heterocycles. The molecule has 2 atom stereocenters. The second-order valence-corrected chi connectivity index (χ2v) is 6.46. The fourth-order valence-electron chi connectivity index (χ4n) is 3.37. The number of nitrogens with zero attached hydrogens (tertiary/aromatic N) is 3. The maximum atomic E-state index is 10.2. The number of aliphatic hydroxyl groups excluding tert-OH is 1. The lowest BCUT2D eigenvalue weighted by Crippen LogP contribution is -2.26. The third kappa shape index (κ3) is 3.41. The van der Waals surface area contributed by atoms with Crippen LogP contribution in [0.25, 0.3) is 0 Å². The topological polar surface area (TPSA) is 50.5 Å². The molecule has 0 unspecified atom stereocenters. The van der Waals surface area contributed by atoms with Gasteiger partial charge in [-0.05, 0) is 38.0 Å². The average Bonchev–Trinajstić information content (AvgIpc) is 3.14. The Hall–Kier alpha value is -1.85.